The first-order chi connectivity index (χ1) is 12.3. The number of hydrogen-bond donors (Lipinski definition) is 1. The number of carbonyl (C=O) groups is 2. The Kier molecular flexibility index (Phi) is 4.84. The summed E-state index contributed by atoms with van der Waals surface area (Å²) in [5.41, 5.74) is 5.92. The average molecular weight is 350 g/mol. The second-order valence-corrected chi connectivity index (χ2v) is 6.50. The first kappa shape index (κ1) is 17.8. The second kappa shape index (κ2) is 7.07. The number of benzene rings is 1. The van der Waals surface area contributed by atoms with Gasteiger partial charge in [0, 0.05) is 35.1 Å². The Morgan fingerprint density at radius 2 is 1.92 bits per heavy atom. The van der Waals surface area contributed by atoms with Gasteiger partial charge in [0.15, 0.2) is 11.4 Å². The normalized spacial score (nSPS) is 10.9. The van der Waals surface area contributed by atoms with Crippen LogP contribution in [0.25, 0.3) is 5.65 Å². The lowest BCUT2D eigenvalue weighted by Crippen LogP contribution is -2.14. The molecule has 3 aromatic rings. The maximum Gasteiger partial charge on any atom is 0.224 e. The highest BCUT2D eigenvalue weighted by Crippen LogP contribution is 2.18. The first-order valence-electron chi connectivity index (χ1n) is 8.58. The molecule has 0 radical (unpaired) electrons. The molecular formula is C20H22N4O2. The maximum absolute atomic E-state index is 12.3. The van der Waals surface area contributed by atoms with Crippen molar-refractivity contribution in [2.75, 3.05) is 5.32 Å². The lowest BCUT2D eigenvalue weighted by atomic mass is 10.1. The average Bonchev–Trinajstić information content (AvgIpc) is 2.95. The van der Waals surface area contributed by atoms with Gasteiger partial charge in [0.25, 0.3) is 0 Å². The summed E-state index contributed by atoms with van der Waals surface area (Å²) < 4.78 is 1.83. The molecule has 0 spiro atoms. The van der Waals surface area contributed by atoms with E-state index >= 15 is 0 Å². The van der Waals surface area contributed by atoms with E-state index in [9.17, 15) is 9.59 Å². The van der Waals surface area contributed by atoms with E-state index < -0.39 is 0 Å². The van der Waals surface area contributed by atoms with Crippen LogP contribution < -0.4 is 5.32 Å². The number of Topliss-reactive ketones (excluding diaryl/α,β-unsaturated/α-hetero) is 1. The predicted octanol–water partition coefficient (Wildman–Crippen LogP) is 3.43. The third kappa shape index (κ3) is 3.64. The molecule has 1 aromatic carbocycles. The van der Waals surface area contributed by atoms with Crippen LogP contribution in [0.1, 0.15) is 46.3 Å². The largest absolute Gasteiger partial charge is 0.326 e. The van der Waals surface area contributed by atoms with E-state index in [0.717, 1.165) is 28.3 Å². The molecule has 2 aromatic heterocycles. The minimum Gasteiger partial charge on any atom is -0.326 e. The summed E-state index contributed by atoms with van der Waals surface area (Å²) in [6.45, 7) is 7.40. The van der Waals surface area contributed by atoms with Crippen molar-refractivity contribution in [3.63, 3.8) is 0 Å². The molecule has 0 unspecified atom stereocenters. The van der Waals surface area contributed by atoms with Gasteiger partial charge in [-0.25, -0.2) is 9.50 Å². The summed E-state index contributed by atoms with van der Waals surface area (Å²) in [6, 6.07) is 8.91. The van der Waals surface area contributed by atoms with Gasteiger partial charge in [-0.15, -0.1) is 0 Å². The van der Waals surface area contributed by atoms with Crippen LogP contribution in [-0.2, 0) is 11.2 Å². The number of aromatic nitrogens is 3. The van der Waals surface area contributed by atoms with Gasteiger partial charge in [-0.1, -0.05) is 12.1 Å². The van der Waals surface area contributed by atoms with Crippen molar-refractivity contribution in [2.24, 2.45) is 0 Å². The molecule has 134 valence electrons. The van der Waals surface area contributed by atoms with E-state index in [1.165, 1.54) is 6.92 Å². The Bertz CT molecular complexity index is 1000. The van der Waals surface area contributed by atoms with Crippen molar-refractivity contribution in [3.05, 3.63) is 58.5 Å². The Morgan fingerprint density at radius 3 is 2.65 bits per heavy atom. The lowest BCUT2D eigenvalue weighted by Gasteiger charge is -2.11. The second-order valence-electron chi connectivity index (χ2n) is 6.50. The van der Waals surface area contributed by atoms with Crippen molar-refractivity contribution in [1.29, 1.82) is 0 Å². The number of fused-ring (bicyclic) bond motifs is 1. The predicted molar refractivity (Wildman–Crippen MR) is 101 cm³/mol. The van der Waals surface area contributed by atoms with Crippen LogP contribution in [0.5, 0.6) is 0 Å². The molecule has 0 bridgehead atoms. The van der Waals surface area contributed by atoms with E-state index in [-0.39, 0.29) is 11.7 Å². The maximum atomic E-state index is 12.3. The zero-order chi connectivity index (χ0) is 18.8. The zero-order valence-corrected chi connectivity index (χ0v) is 15.5. The SMILES string of the molecule is CC(=O)c1cccc(NC(=O)CCc2c(C)nc3cc(C)nn3c2C)c1. The number of carbonyl (C=O) groups excluding carboxylic acids is 2. The Balaban J connectivity index is 1.73. The van der Waals surface area contributed by atoms with Crippen LogP contribution in [-0.4, -0.2) is 26.3 Å². The molecule has 0 fully saturated rings. The standard InChI is InChI=1S/C20H22N4O2/c1-12-10-19-21-13(2)18(14(3)24(19)23-12)8-9-20(26)22-17-7-5-6-16(11-17)15(4)25/h5-7,10-11H,8-9H2,1-4H3,(H,22,26). The number of anilines is 1. The van der Waals surface area contributed by atoms with Crippen molar-refractivity contribution in [1.82, 2.24) is 14.6 Å². The number of rotatable bonds is 5. The summed E-state index contributed by atoms with van der Waals surface area (Å²) in [5.74, 6) is -0.123. The molecule has 0 atom stereocenters. The highest BCUT2D eigenvalue weighted by molar-refractivity contribution is 5.97. The van der Waals surface area contributed by atoms with Gasteiger partial charge in [-0.05, 0) is 51.8 Å². The number of aryl methyl sites for hydroxylation is 3. The molecule has 26 heavy (non-hydrogen) atoms. The van der Waals surface area contributed by atoms with Crippen molar-refractivity contribution >= 4 is 23.0 Å². The van der Waals surface area contributed by atoms with E-state index in [1.54, 1.807) is 24.3 Å². The highest BCUT2D eigenvalue weighted by Gasteiger charge is 2.13. The molecule has 0 aliphatic rings. The zero-order valence-electron chi connectivity index (χ0n) is 15.5. The van der Waals surface area contributed by atoms with Gasteiger partial charge in [-0.3, -0.25) is 9.59 Å². The fourth-order valence-corrected chi connectivity index (χ4v) is 3.08. The number of amides is 1. The van der Waals surface area contributed by atoms with Crippen LogP contribution in [0.2, 0.25) is 0 Å². The fraction of sp³-hybridized carbons (Fsp3) is 0.300. The molecule has 1 amide bonds. The fourth-order valence-electron chi connectivity index (χ4n) is 3.08. The summed E-state index contributed by atoms with van der Waals surface area (Å²) in [7, 11) is 0. The molecule has 2 heterocycles. The van der Waals surface area contributed by atoms with Gasteiger partial charge in [0.2, 0.25) is 5.91 Å². The van der Waals surface area contributed by atoms with E-state index in [4.69, 9.17) is 0 Å². The topological polar surface area (TPSA) is 76.4 Å². The molecule has 6 heteroatoms. The third-order valence-corrected chi connectivity index (χ3v) is 4.44. The van der Waals surface area contributed by atoms with Gasteiger partial charge < -0.3 is 5.32 Å². The summed E-state index contributed by atoms with van der Waals surface area (Å²) >= 11 is 0. The van der Waals surface area contributed by atoms with Gasteiger partial charge in [0.1, 0.15) is 0 Å². The van der Waals surface area contributed by atoms with Crippen LogP contribution in [0, 0.1) is 20.8 Å². The van der Waals surface area contributed by atoms with E-state index in [0.29, 0.717) is 24.1 Å². The lowest BCUT2D eigenvalue weighted by molar-refractivity contribution is -0.116. The number of nitrogens with one attached hydrogen (secondary N) is 1. The van der Waals surface area contributed by atoms with Crippen LogP contribution in [0.15, 0.2) is 30.3 Å². The van der Waals surface area contributed by atoms with Crippen LogP contribution >= 0.6 is 0 Å². The van der Waals surface area contributed by atoms with Crippen molar-refractivity contribution < 1.29 is 9.59 Å². The first-order valence-corrected chi connectivity index (χ1v) is 8.58. The van der Waals surface area contributed by atoms with Gasteiger partial charge in [0.05, 0.1) is 5.69 Å². The summed E-state index contributed by atoms with van der Waals surface area (Å²) in [4.78, 5) is 28.3. The Labute approximate surface area is 152 Å². The number of ketones is 1. The molecule has 0 saturated carbocycles. The van der Waals surface area contributed by atoms with Crippen molar-refractivity contribution in [2.45, 2.75) is 40.5 Å². The molecular weight excluding hydrogens is 328 g/mol. The molecule has 0 saturated heterocycles. The monoisotopic (exact) mass is 350 g/mol. The van der Waals surface area contributed by atoms with Gasteiger partial charge >= 0.3 is 0 Å². The minimum absolute atomic E-state index is 0.0266. The minimum atomic E-state index is -0.0961. The molecule has 3 rings (SSSR count). The van der Waals surface area contributed by atoms with E-state index in [1.807, 2.05) is 31.4 Å². The number of hydrogen-bond acceptors (Lipinski definition) is 4. The molecule has 0 aliphatic heterocycles. The highest BCUT2D eigenvalue weighted by atomic mass is 16.1. The Hall–Kier alpha value is -3.02. The summed E-state index contributed by atoms with van der Waals surface area (Å²) in [5, 5.41) is 7.31. The molecule has 0 aliphatic carbocycles. The Morgan fingerprint density at radius 1 is 1.15 bits per heavy atom. The summed E-state index contributed by atoms with van der Waals surface area (Å²) in [6.07, 6.45) is 0.914. The number of nitrogens with zero attached hydrogens (tertiary/aromatic N) is 3. The van der Waals surface area contributed by atoms with Crippen LogP contribution in [0.3, 0.4) is 0 Å². The van der Waals surface area contributed by atoms with Crippen LogP contribution in [0.4, 0.5) is 5.69 Å². The van der Waals surface area contributed by atoms with Gasteiger partial charge in [-0.2, -0.15) is 5.10 Å². The van der Waals surface area contributed by atoms with E-state index in [2.05, 4.69) is 15.4 Å². The smallest absolute Gasteiger partial charge is 0.224 e. The van der Waals surface area contributed by atoms with Crippen molar-refractivity contribution in [3.8, 4) is 0 Å². The molecule has 1 N–H and O–H groups in total. The quantitative estimate of drug-likeness (QED) is 0.715. The molecule has 6 nitrogen and oxygen atoms in total. The third-order valence-electron chi connectivity index (χ3n) is 4.44.